The molecule has 0 bridgehead atoms. The SMILES string of the molecule is CCCC[C@H](NC(N)=O)C(=O)O. The van der Waals surface area contributed by atoms with E-state index in [4.69, 9.17) is 10.8 Å². The normalized spacial score (nSPS) is 12.1. The average molecular weight is 174 g/mol. The molecule has 4 N–H and O–H groups in total. The quantitative estimate of drug-likeness (QED) is 0.559. The van der Waals surface area contributed by atoms with Crippen LogP contribution < -0.4 is 11.1 Å². The Morgan fingerprint density at radius 2 is 2.17 bits per heavy atom. The fraction of sp³-hybridized carbons (Fsp3) is 0.714. The van der Waals surface area contributed by atoms with Gasteiger partial charge in [-0.2, -0.15) is 0 Å². The summed E-state index contributed by atoms with van der Waals surface area (Å²) in [6.07, 6.45) is 2.08. The number of unbranched alkanes of at least 4 members (excludes halogenated alkanes) is 1. The molecule has 0 fully saturated rings. The van der Waals surface area contributed by atoms with Crippen molar-refractivity contribution < 1.29 is 14.7 Å². The Hall–Kier alpha value is -1.26. The lowest BCUT2D eigenvalue weighted by molar-refractivity contribution is -0.139. The topological polar surface area (TPSA) is 92.4 Å². The summed E-state index contributed by atoms with van der Waals surface area (Å²) in [7, 11) is 0. The van der Waals surface area contributed by atoms with Crippen LogP contribution in [0.1, 0.15) is 26.2 Å². The van der Waals surface area contributed by atoms with E-state index in [0.29, 0.717) is 6.42 Å². The second-order valence-electron chi connectivity index (χ2n) is 2.54. The molecular formula is C7H14N2O3. The Kier molecular flexibility index (Phi) is 4.83. The summed E-state index contributed by atoms with van der Waals surface area (Å²) in [4.78, 5) is 20.8. The predicted octanol–water partition coefficient (Wildman–Crippen LogP) is 0.298. The molecule has 0 aliphatic heterocycles. The molecule has 0 aromatic rings. The van der Waals surface area contributed by atoms with Gasteiger partial charge in [0.15, 0.2) is 0 Å². The molecule has 1 atom stereocenters. The summed E-state index contributed by atoms with van der Waals surface area (Å²) in [5, 5.41) is 10.7. The summed E-state index contributed by atoms with van der Waals surface area (Å²) in [5.41, 5.74) is 4.79. The first-order valence-corrected chi connectivity index (χ1v) is 3.86. The highest BCUT2D eigenvalue weighted by Gasteiger charge is 2.17. The van der Waals surface area contributed by atoms with E-state index in [1.54, 1.807) is 0 Å². The van der Waals surface area contributed by atoms with Gasteiger partial charge in [0, 0.05) is 0 Å². The number of carbonyl (C=O) groups is 2. The zero-order chi connectivity index (χ0) is 9.56. The molecule has 5 heteroatoms. The summed E-state index contributed by atoms with van der Waals surface area (Å²) < 4.78 is 0. The molecule has 0 saturated carbocycles. The minimum atomic E-state index is -1.04. The third-order valence-corrected chi connectivity index (χ3v) is 1.46. The first kappa shape index (κ1) is 10.7. The molecule has 0 rings (SSSR count). The molecule has 0 spiro atoms. The molecule has 0 heterocycles. The van der Waals surface area contributed by atoms with Crippen molar-refractivity contribution in [2.75, 3.05) is 0 Å². The number of carbonyl (C=O) groups excluding carboxylic acids is 1. The van der Waals surface area contributed by atoms with Gasteiger partial charge in [-0.25, -0.2) is 9.59 Å². The Morgan fingerprint density at radius 3 is 2.50 bits per heavy atom. The van der Waals surface area contributed by atoms with Gasteiger partial charge >= 0.3 is 12.0 Å². The fourth-order valence-electron chi connectivity index (χ4n) is 0.837. The molecule has 2 amide bonds. The number of amides is 2. The molecule has 0 aromatic carbocycles. The third kappa shape index (κ3) is 4.54. The molecule has 70 valence electrons. The van der Waals surface area contributed by atoms with E-state index in [0.717, 1.165) is 12.8 Å². The lowest BCUT2D eigenvalue weighted by Crippen LogP contribution is -2.43. The van der Waals surface area contributed by atoms with Crippen LogP contribution in [0.4, 0.5) is 4.79 Å². The van der Waals surface area contributed by atoms with Gasteiger partial charge in [0.1, 0.15) is 6.04 Å². The van der Waals surface area contributed by atoms with E-state index in [1.807, 2.05) is 6.92 Å². The van der Waals surface area contributed by atoms with Crippen LogP contribution in [-0.2, 0) is 4.79 Å². The largest absolute Gasteiger partial charge is 0.480 e. The summed E-state index contributed by atoms with van der Waals surface area (Å²) in [5.74, 6) is -1.04. The maximum atomic E-state index is 10.5. The smallest absolute Gasteiger partial charge is 0.326 e. The van der Waals surface area contributed by atoms with Crippen LogP contribution in [0.15, 0.2) is 0 Å². The number of nitrogens with two attached hydrogens (primary N) is 1. The maximum Gasteiger partial charge on any atom is 0.326 e. The zero-order valence-corrected chi connectivity index (χ0v) is 7.04. The number of aliphatic carboxylic acids is 1. The van der Waals surface area contributed by atoms with Crippen LogP contribution in [0.3, 0.4) is 0 Å². The summed E-state index contributed by atoms with van der Waals surface area (Å²) >= 11 is 0. The number of carboxylic acid groups (broad SMARTS) is 1. The number of hydrogen-bond acceptors (Lipinski definition) is 2. The standard InChI is InChI=1S/C7H14N2O3/c1-2-3-4-5(6(10)11)9-7(8)12/h5H,2-4H2,1H3,(H,10,11)(H3,8,9,12)/t5-/m0/s1. The third-order valence-electron chi connectivity index (χ3n) is 1.46. The second-order valence-corrected chi connectivity index (χ2v) is 2.54. The second kappa shape index (κ2) is 5.40. The number of hydrogen-bond donors (Lipinski definition) is 3. The monoisotopic (exact) mass is 174 g/mol. The van der Waals surface area contributed by atoms with Crippen molar-refractivity contribution in [2.24, 2.45) is 5.73 Å². The van der Waals surface area contributed by atoms with Crippen molar-refractivity contribution in [3.8, 4) is 0 Å². The van der Waals surface area contributed by atoms with Crippen LogP contribution in [0.5, 0.6) is 0 Å². The molecule has 0 aliphatic rings. The summed E-state index contributed by atoms with van der Waals surface area (Å²) in [6.45, 7) is 1.95. The zero-order valence-electron chi connectivity index (χ0n) is 7.04. The van der Waals surface area contributed by atoms with E-state index in [9.17, 15) is 9.59 Å². The number of carboxylic acids is 1. The van der Waals surface area contributed by atoms with Crippen LogP contribution >= 0.6 is 0 Å². The van der Waals surface area contributed by atoms with Crippen LogP contribution in [0, 0.1) is 0 Å². The van der Waals surface area contributed by atoms with Crippen molar-refractivity contribution in [2.45, 2.75) is 32.2 Å². The van der Waals surface area contributed by atoms with Crippen LogP contribution in [0.2, 0.25) is 0 Å². The van der Waals surface area contributed by atoms with E-state index in [2.05, 4.69) is 5.32 Å². The van der Waals surface area contributed by atoms with E-state index in [-0.39, 0.29) is 0 Å². The molecule has 12 heavy (non-hydrogen) atoms. The molecule has 0 radical (unpaired) electrons. The molecular weight excluding hydrogens is 160 g/mol. The lowest BCUT2D eigenvalue weighted by Gasteiger charge is -2.11. The van der Waals surface area contributed by atoms with Crippen molar-refractivity contribution >= 4 is 12.0 Å². The number of rotatable bonds is 5. The van der Waals surface area contributed by atoms with Crippen LogP contribution in [-0.4, -0.2) is 23.1 Å². The highest BCUT2D eigenvalue weighted by Crippen LogP contribution is 2.00. The van der Waals surface area contributed by atoms with Crippen molar-refractivity contribution in [1.29, 1.82) is 0 Å². The minimum absolute atomic E-state index is 0.425. The highest BCUT2D eigenvalue weighted by molar-refractivity contribution is 5.81. The molecule has 5 nitrogen and oxygen atoms in total. The van der Waals surface area contributed by atoms with Gasteiger partial charge in [0.2, 0.25) is 0 Å². The maximum absolute atomic E-state index is 10.5. The predicted molar refractivity (Wildman–Crippen MR) is 43.7 cm³/mol. The van der Waals surface area contributed by atoms with Gasteiger partial charge in [0.25, 0.3) is 0 Å². The van der Waals surface area contributed by atoms with Gasteiger partial charge in [-0.15, -0.1) is 0 Å². The number of primary amides is 1. The Morgan fingerprint density at radius 1 is 1.58 bits per heavy atom. The molecule has 0 saturated heterocycles. The average Bonchev–Trinajstić information content (AvgIpc) is 1.96. The van der Waals surface area contributed by atoms with E-state index < -0.39 is 18.0 Å². The van der Waals surface area contributed by atoms with Gasteiger partial charge in [0.05, 0.1) is 0 Å². The molecule has 0 unspecified atom stereocenters. The van der Waals surface area contributed by atoms with Crippen molar-refractivity contribution in [1.82, 2.24) is 5.32 Å². The first-order chi connectivity index (χ1) is 5.57. The number of urea groups is 1. The van der Waals surface area contributed by atoms with E-state index >= 15 is 0 Å². The van der Waals surface area contributed by atoms with Crippen molar-refractivity contribution in [3.05, 3.63) is 0 Å². The Balaban J connectivity index is 3.87. The highest BCUT2D eigenvalue weighted by atomic mass is 16.4. The fourth-order valence-corrected chi connectivity index (χ4v) is 0.837. The molecule has 0 aliphatic carbocycles. The lowest BCUT2D eigenvalue weighted by atomic mass is 10.1. The van der Waals surface area contributed by atoms with Gasteiger partial charge in [-0.1, -0.05) is 19.8 Å². The van der Waals surface area contributed by atoms with Gasteiger partial charge in [-0.3, -0.25) is 0 Å². The summed E-state index contributed by atoms with van der Waals surface area (Å²) in [6, 6.07) is -1.64. The Bertz CT molecular complexity index is 170. The number of nitrogens with one attached hydrogen (secondary N) is 1. The van der Waals surface area contributed by atoms with Gasteiger partial charge < -0.3 is 16.2 Å². The molecule has 0 aromatic heterocycles. The van der Waals surface area contributed by atoms with Crippen LogP contribution in [0.25, 0.3) is 0 Å². The minimum Gasteiger partial charge on any atom is -0.480 e. The van der Waals surface area contributed by atoms with Gasteiger partial charge in [-0.05, 0) is 6.42 Å². The Labute approximate surface area is 70.9 Å². The van der Waals surface area contributed by atoms with Crippen molar-refractivity contribution in [3.63, 3.8) is 0 Å². The first-order valence-electron chi connectivity index (χ1n) is 3.86. The van der Waals surface area contributed by atoms with E-state index in [1.165, 1.54) is 0 Å².